The number of aryl methyl sites for hydroxylation is 2. The van der Waals surface area contributed by atoms with Crippen LogP contribution in [0.5, 0.6) is 0 Å². The maximum absolute atomic E-state index is 13.1. The van der Waals surface area contributed by atoms with Crippen molar-refractivity contribution in [3.8, 4) is 0 Å². The average Bonchev–Trinajstić information content (AvgIpc) is 2.91. The average molecular weight is 376 g/mol. The van der Waals surface area contributed by atoms with Crippen molar-refractivity contribution >= 4 is 33.0 Å². The second-order valence-electron chi connectivity index (χ2n) is 6.18. The lowest BCUT2D eigenvalue weighted by atomic mass is 10.1. The van der Waals surface area contributed by atoms with Gasteiger partial charge in [-0.3, -0.25) is 4.79 Å². The van der Waals surface area contributed by atoms with Gasteiger partial charge in [-0.2, -0.15) is 0 Å². The van der Waals surface area contributed by atoms with E-state index in [0.717, 1.165) is 11.1 Å². The SMILES string of the molecule is Cc1ccc(N(C(=O)c2ccc(Cl)cc2)[C@H]2C=CS(=O)(=O)C2)cc1C. The minimum absolute atomic E-state index is 0.112. The molecule has 0 saturated carbocycles. The monoisotopic (exact) mass is 375 g/mol. The Balaban J connectivity index is 2.05. The first-order chi connectivity index (χ1) is 11.8. The Hall–Kier alpha value is -2.11. The fraction of sp³-hybridized carbons (Fsp3) is 0.211. The van der Waals surface area contributed by atoms with Crippen molar-refractivity contribution in [2.45, 2.75) is 19.9 Å². The summed E-state index contributed by atoms with van der Waals surface area (Å²) in [5.41, 5.74) is 3.28. The highest BCUT2D eigenvalue weighted by molar-refractivity contribution is 7.94. The Morgan fingerprint density at radius 3 is 2.32 bits per heavy atom. The molecule has 0 fully saturated rings. The van der Waals surface area contributed by atoms with Crippen LogP contribution in [0.3, 0.4) is 0 Å². The van der Waals surface area contributed by atoms with Crippen LogP contribution in [-0.4, -0.2) is 26.1 Å². The first-order valence-electron chi connectivity index (χ1n) is 7.84. The first kappa shape index (κ1) is 17.7. The van der Waals surface area contributed by atoms with E-state index in [0.29, 0.717) is 16.3 Å². The second-order valence-corrected chi connectivity index (χ2v) is 8.54. The lowest BCUT2D eigenvalue weighted by molar-refractivity contribution is 0.0983. The highest BCUT2D eigenvalue weighted by Crippen LogP contribution is 2.27. The maximum atomic E-state index is 13.1. The normalized spacial score (nSPS) is 18.3. The van der Waals surface area contributed by atoms with Gasteiger partial charge in [0, 0.05) is 21.7 Å². The lowest BCUT2D eigenvalue weighted by Crippen LogP contribution is -2.41. The lowest BCUT2D eigenvalue weighted by Gasteiger charge is -2.28. The van der Waals surface area contributed by atoms with E-state index in [1.54, 1.807) is 30.3 Å². The molecule has 0 aliphatic carbocycles. The standard InChI is InChI=1S/C19H18ClNO3S/c1-13-3-8-17(11-14(13)2)21(18-9-10-25(23,24)12-18)19(22)15-4-6-16(20)7-5-15/h3-11,18H,12H2,1-2H3/t18-/m0/s1. The van der Waals surface area contributed by atoms with E-state index >= 15 is 0 Å². The molecule has 0 radical (unpaired) electrons. The number of sulfone groups is 1. The Labute approximate surface area is 152 Å². The van der Waals surface area contributed by atoms with Crippen molar-refractivity contribution in [3.63, 3.8) is 0 Å². The molecule has 4 nitrogen and oxygen atoms in total. The zero-order chi connectivity index (χ0) is 18.2. The number of carbonyl (C=O) groups is 1. The molecular weight excluding hydrogens is 358 g/mol. The number of hydrogen-bond acceptors (Lipinski definition) is 3. The number of benzene rings is 2. The zero-order valence-corrected chi connectivity index (χ0v) is 15.5. The molecule has 1 atom stereocenters. The van der Waals surface area contributed by atoms with Crippen molar-refractivity contribution in [1.82, 2.24) is 0 Å². The molecule has 0 unspecified atom stereocenters. The van der Waals surface area contributed by atoms with E-state index in [9.17, 15) is 13.2 Å². The third kappa shape index (κ3) is 3.78. The fourth-order valence-electron chi connectivity index (χ4n) is 2.79. The molecule has 0 bridgehead atoms. The van der Waals surface area contributed by atoms with Gasteiger partial charge in [-0.05, 0) is 67.4 Å². The number of rotatable bonds is 3. The Morgan fingerprint density at radius 1 is 1.08 bits per heavy atom. The van der Waals surface area contributed by atoms with Gasteiger partial charge in [0.05, 0.1) is 11.8 Å². The number of nitrogens with zero attached hydrogens (tertiary/aromatic N) is 1. The highest BCUT2D eigenvalue weighted by atomic mass is 35.5. The van der Waals surface area contributed by atoms with Crippen LogP contribution in [0.15, 0.2) is 53.9 Å². The Bertz CT molecular complexity index is 949. The van der Waals surface area contributed by atoms with Gasteiger partial charge in [0.2, 0.25) is 0 Å². The summed E-state index contributed by atoms with van der Waals surface area (Å²) in [6.45, 7) is 3.95. The molecule has 0 N–H and O–H groups in total. The zero-order valence-electron chi connectivity index (χ0n) is 13.9. The summed E-state index contributed by atoms with van der Waals surface area (Å²) in [7, 11) is -3.28. The molecule has 0 saturated heterocycles. The Morgan fingerprint density at radius 2 is 1.76 bits per heavy atom. The molecule has 25 heavy (non-hydrogen) atoms. The summed E-state index contributed by atoms with van der Waals surface area (Å²) in [5.74, 6) is -0.370. The quantitative estimate of drug-likeness (QED) is 0.817. The highest BCUT2D eigenvalue weighted by Gasteiger charge is 2.32. The molecule has 2 aromatic carbocycles. The van der Waals surface area contributed by atoms with E-state index in [-0.39, 0.29) is 11.7 Å². The van der Waals surface area contributed by atoms with Crippen LogP contribution in [-0.2, 0) is 9.84 Å². The molecule has 0 aromatic heterocycles. The van der Waals surface area contributed by atoms with Crippen LogP contribution in [0.2, 0.25) is 5.02 Å². The van der Waals surface area contributed by atoms with Crippen LogP contribution >= 0.6 is 11.6 Å². The van der Waals surface area contributed by atoms with E-state index in [1.807, 2.05) is 32.0 Å². The molecule has 130 valence electrons. The van der Waals surface area contributed by atoms with E-state index in [2.05, 4.69) is 0 Å². The molecule has 6 heteroatoms. The molecule has 1 aliphatic rings. The summed E-state index contributed by atoms with van der Waals surface area (Å²) >= 11 is 5.90. The summed E-state index contributed by atoms with van der Waals surface area (Å²) in [5, 5.41) is 1.72. The van der Waals surface area contributed by atoms with Gasteiger partial charge in [0.1, 0.15) is 0 Å². The van der Waals surface area contributed by atoms with Gasteiger partial charge < -0.3 is 4.90 Å². The largest absolute Gasteiger partial charge is 0.300 e. The van der Waals surface area contributed by atoms with Gasteiger partial charge in [-0.1, -0.05) is 17.7 Å². The van der Waals surface area contributed by atoms with Crippen LogP contribution in [0.25, 0.3) is 0 Å². The number of anilines is 1. The molecule has 1 aliphatic heterocycles. The topological polar surface area (TPSA) is 54.5 Å². The van der Waals surface area contributed by atoms with Crippen molar-refractivity contribution in [2.24, 2.45) is 0 Å². The number of carbonyl (C=O) groups excluding carboxylic acids is 1. The van der Waals surface area contributed by atoms with Gasteiger partial charge in [-0.15, -0.1) is 0 Å². The molecule has 2 aromatic rings. The smallest absolute Gasteiger partial charge is 0.258 e. The summed E-state index contributed by atoms with van der Waals surface area (Å²) in [6.07, 6.45) is 1.57. The van der Waals surface area contributed by atoms with Gasteiger partial charge in [0.15, 0.2) is 9.84 Å². The molecule has 0 spiro atoms. The predicted molar refractivity (Wildman–Crippen MR) is 101 cm³/mol. The summed E-state index contributed by atoms with van der Waals surface area (Å²) in [4.78, 5) is 14.6. The molecule has 3 rings (SSSR count). The third-order valence-corrected chi connectivity index (χ3v) is 5.95. The van der Waals surface area contributed by atoms with Crippen LogP contribution in [0.1, 0.15) is 21.5 Å². The van der Waals surface area contributed by atoms with Gasteiger partial charge in [0.25, 0.3) is 5.91 Å². The third-order valence-electron chi connectivity index (χ3n) is 4.32. The molecular formula is C19H18ClNO3S. The van der Waals surface area contributed by atoms with Crippen LogP contribution in [0, 0.1) is 13.8 Å². The first-order valence-corrected chi connectivity index (χ1v) is 9.93. The van der Waals surface area contributed by atoms with Crippen LogP contribution in [0.4, 0.5) is 5.69 Å². The number of hydrogen-bond donors (Lipinski definition) is 0. The fourth-order valence-corrected chi connectivity index (χ4v) is 4.18. The van der Waals surface area contributed by atoms with Crippen molar-refractivity contribution in [2.75, 3.05) is 10.7 Å². The van der Waals surface area contributed by atoms with Gasteiger partial charge in [-0.25, -0.2) is 8.42 Å². The number of halogens is 1. The van der Waals surface area contributed by atoms with Crippen molar-refractivity contribution in [1.29, 1.82) is 0 Å². The second kappa shape index (κ2) is 6.65. The summed E-state index contributed by atoms with van der Waals surface area (Å²) < 4.78 is 23.7. The predicted octanol–water partition coefficient (Wildman–Crippen LogP) is 3.91. The van der Waals surface area contributed by atoms with Crippen molar-refractivity contribution in [3.05, 3.63) is 75.7 Å². The van der Waals surface area contributed by atoms with E-state index in [4.69, 9.17) is 11.6 Å². The van der Waals surface area contributed by atoms with Crippen LogP contribution < -0.4 is 4.90 Å². The molecule has 1 heterocycles. The van der Waals surface area contributed by atoms with E-state index in [1.165, 1.54) is 10.3 Å². The minimum Gasteiger partial charge on any atom is -0.300 e. The molecule has 1 amide bonds. The van der Waals surface area contributed by atoms with Gasteiger partial charge >= 0.3 is 0 Å². The van der Waals surface area contributed by atoms with Crippen molar-refractivity contribution < 1.29 is 13.2 Å². The Kier molecular flexibility index (Phi) is 4.71. The number of amides is 1. The summed E-state index contributed by atoms with van der Waals surface area (Å²) in [6, 6.07) is 11.7. The van der Waals surface area contributed by atoms with E-state index < -0.39 is 15.9 Å². The maximum Gasteiger partial charge on any atom is 0.258 e. The minimum atomic E-state index is -3.28.